The summed E-state index contributed by atoms with van der Waals surface area (Å²) in [5.41, 5.74) is 4.21. The normalized spacial score (nSPS) is 11.4. The summed E-state index contributed by atoms with van der Waals surface area (Å²) >= 11 is 3.34. The Kier molecular flexibility index (Phi) is 6.96. The van der Waals surface area contributed by atoms with E-state index in [-0.39, 0.29) is 4.90 Å². The quantitative estimate of drug-likeness (QED) is 0.408. The van der Waals surface area contributed by atoms with E-state index in [9.17, 15) is 13.2 Å². The lowest BCUT2D eigenvalue weighted by Gasteiger charge is -2.24. The third-order valence-electron chi connectivity index (χ3n) is 4.07. The molecular formula is C21H19BrN4O3S. The molecule has 1 N–H and O–H groups in total. The molecule has 0 radical (unpaired) electrons. The number of hydrazone groups is 1. The van der Waals surface area contributed by atoms with E-state index in [1.807, 2.05) is 6.92 Å². The molecule has 1 heterocycles. The average molecular weight is 487 g/mol. The van der Waals surface area contributed by atoms with Gasteiger partial charge >= 0.3 is 0 Å². The van der Waals surface area contributed by atoms with Gasteiger partial charge in [-0.15, -0.1) is 0 Å². The van der Waals surface area contributed by atoms with E-state index in [0.717, 1.165) is 9.87 Å². The van der Waals surface area contributed by atoms with Crippen molar-refractivity contribution in [2.75, 3.05) is 10.8 Å². The topological polar surface area (TPSA) is 91.7 Å². The number of nitrogens with zero attached hydrogens (tertiary/aromatic N) is 3. The summed E-state index contributed by atoms with van der Waals surface area (Å²) in [5, 5.41) is 3.85. The minimum absolute atomic E-state index is 0.0952. The largest absolute Gasteiger partial charge is 0.271 e. The van der Waals surface area contributed by atoms with Gasteiger partial charge in [0.15, 0.2) is 0 Å². The molecule has 0 saturated carbocycles. The van der Waals surface area contributed by atoms with Crippen molar-refractivity contribution in [1.82, 2.24) is 10.4 Å². The van der Waals surface area contributed by atoms with Gasteiger partial charge in [0.05, 0.1) is 22.5 Å². The standard InChI is InChI=1S/C21H19BrN4O3S/c1-16-8-10-20(11-9-16)30(28,29)26(19-7-4-5-17(22)13-19)15-21(27)25-24-14-18-6-2-3-12-23-18/h2-14H,15H2,1H3,(H,25,27)/b24-14-. The van der Waals surface area contributed by atoms with E-state index >= 15 is 0 Å². The highest BCUT2D eigenvalue weighted by atomic mass is 79.9. The Bertz CT molecular complexity index is 1150. The lowest BCUT2D eigenvalue weighted by atomic mass is 10.2. The van der Waals surface area contributed by atoms with E-state index in [2.05, 4.69) is 31.4 Å². The van der Waals surface area contributed by atoms with Gasteiger partial charge in [-0.1, -0.05) is 45.8 Å². The van der Waals surface area contributed by atoms with Gasteiger partial charge in [-0.3, -0.25) is 14.1 Å². The lowest BCUT2D eigenvalue weighted by molar-refractivity contribution is -0.119. The van der Waals surface area contributed by atoms with Crippen LogP contribution in [0.5, 0.6) is 0 Å². The summed E-state index contributed by atoms with van der Waals surface area (Å²) in [5.74, 6) is -0.585. The summed E-state index contributed by atoms with van der Waals surface area (Å²) in [4.78, 5) is 16.6. The van der Waals surface area contributed by atoms with Gasteiger partial charge in [0.2, 0.25) is 0 Å². The van der Waals surface area contributed by atoms with Gasteiger partial charge in [0, 0.05) is 10.7 Å². The number of benzene rings is 2. The number of carbonyl (C=O) groups excluding carboxylic acids is 1. The van der Waals surface area contributed by atoms with Crippen LogP contribution in [0.2, 0.25) is 0 Å². The number of amides is 1. The van der Waals surface area contributed by atoms with Crippen LogP contribution in [-0.4, -0.2) is 32.1 Å². The van der Waals surface area contributed by atoms with Crippen LogP contribution in [0.3, 0.4) is 0 Å². The molecule has 1 amide bonds. The number of halogens is 1. The Morgan fingerprint density at radius 3 is 2.57 bits per heavy atom. The Labute approximate surface area is 183 Å². The fraction of sp³-hybridized carbons (Fsp3) is 0.0952. The Hall–Kier alpha value is -3.04. The predicted molar refractivity (Wildman–Crippen MR) is 120 cm³/mol. The van der Waals surface area contributed by atoms with Crippen molar-refractivity contribution < 1.29 is 13.2 Å². The van der Waals surface area contributed by atoms with Crippen molar-refractivity contribution in [3.63, 3.8) is 0 Å². The monoisotopic (exact) mass is 486 g/mol. The van der Waals surface area contributed by atoms with Crippen LogP contribution in [0.15, 0.2) is 87.4 Å². The number of sulfonamides is 1. The van der Waals surface area contributed by atoms with Crippen molar-refractivity contribution >= 4 is 43.8 Å². The van der Waals surface area contributed by atoms with Gasteiger partial charge in [-0.25, -0.2) is 13.8 Å². The zero-order valence-corrected chi connectivity index (χ0v) is 18.5. The second-order valence-electron chi connectivity index (χ2n) is 6.35. The highest BCUT2D eigenvalue weighted by Gasteiger charge is 2.27. The molecule has 0 bridgehead atoms. The third-order valence-corrected chi connectivity index (χ3v) is 6.35. The van der Waals surface area contributed by atoms with Crippen molar-refractivity contribution in [2.24, 2.45) is 5.10 Å². The second kappa shape index (κ2) is 9.64. The van der Waals surface area contributed by atoms with E-state index < -0.39 is 22.5 Å². The molecule has 0 aliphatic rings. The van der Waals surface area contributed by atoms with E-state index in [1.54, 1.807) is 60.8 Å². The highest BCUT2D eigenvalue weighted by Crippen LogP contribution is 2.26. The molecule has 0 fully saturated rings. The van der Waals surface area contributed by atoms with Gasteiger partial charge in [0.25, 0.3) is 15.9 Å². The number of hydrogen-bond donors (Lipinski definition) is 1. The number of nitrogens with one attached hydrogen (secondary N) is 1. The molecule has 30 heavy (non-hydrogen) atoms. The van der Waals surface area contributed by atoms with Crippen molar-refractivity contribution in [1.29, 1.82) is 0 Å². The summed E-state index contributed by atoms with van der Waals surface area (Å²) in [6.45, 7) is 1.43. The molecule has 9 heteroatoms. The first-order chi connectivity index (χ1) is 14.4. The SMILES string of the molecule is Cc1ccc(S(=O)(=O)N(CC(=O)N/N=C\c2ccccn2)c2cccc(Br)c2)cc1. The van der Waals surface area contributed by atoms with Gasteiger partial charge < -0.3 is 0 Å². The van der Waals surface area contributed by atoms with Crippen molar-refractivity contribution in [3.05, 3.63) is 88.7 Å². The number of anilines is 1. The maximum Gasteiger partial charge on any atom is 0.264 e. The highest BCUT2D eigenvalue weighted by molar-refractivity contribution is 9.10. The Morgan fingerprint density at radius 2 is 1.90 bits per heavy atom. The molecule has 154 valence electrons. The Balaban J connectivity index is 1.85. The summed E-state index contributed by atoms with van der Waals surface area (Å²) < 4.78 is 28.3. The summed E-state index contributed by atoms with van der Waals surface area (Å²) in [7, 11) is -3.97. The van der Waals surface area contributed by atoms with Crippen LogP contribution < -0.4 is 9.73 Å². The first-order valence-corrected chi connectivity index (χ1v) is 11.2. The van der Waals surface area contributed by atoms with Crippen LogP contribution in [0, 0.1) is 6.92 Å². The summed E-state index contributed by atoms with van der Waals surface area (Å²) in [6, 6.07) is 18.5. The second-order valence-corrected chi connectivity index (χ2v) is 9.13. The predicted octanol–water partition coefficient (Wildman–Crippen LogP) is 3.50. The number of aromatic nitrogens is 1. The number of carbonyl (C=O) groups is 1. The molecule has 0 atom stereocenters. The zero-order chi connectivity index (χ0) is 21.6. The van der Waals surface area contributed by atoms with Gasteiger partial charge in [-0.2, -0.15) is 5.10 Å². The molecule has 7 nitrogen and oxygen atoms in total. The first-order valence-electron chi connectivity index (χ1n) is 8.94. The number of aryl methyl sites for hydroxylation is 1. The molecule has 0 saturated heterocycles. The first kappa shape index (κ1) is 21.7. The van der Waals surface area contributed by atoms with Gasteiger partial charge in [0.1, 0.15) is 6.54 Å². The number of rotatable bonds is 7. The van der Waals surface area contributed by atoms with E-state index in [1.165, 1.54) is 18.3 Å². The fourth-order valence-corrected chi connectivity index (χ4v) is 4.37. The van der Waals surface area contributed by atoms with Crippen LogP contribution in [0.25, 0.3) is 0 Å². The minimum atomic E-state index is -3.97. The van der Waals surface area contributed by atoms with Gasteiger partial charge in [-0.05, 0) is 49.4 Å². The van der Waals surface area contributed by atoms with Crippen LogP contribution in [0.1, 0.15) is 11.3 Å². The van der Waals surface area contributed by atoms with Crippen molar-refractivity contribution in [3.8, 4) is 0 Å². The molecule has 2 aromatic carbocycles. The fourth-order valence-electron chi connectivity index (χ4n) is 2.57. The molecule has 0 spiro atoms. The molecule has 3 aromatic rings. The van der Waals surface area contributed by atoms with Crippen molar-refractivity contribution in [2.45, 2.75) is 11.8 Å². The Morgan fingerprint density at radius 1 is 1.13 bits per heavy atom. The smallest absolute Gasteiger partial charge is 0.264 e. The molecule has 0 aliphatic heterocycles. The van der Waals surface area contributed by atoms with Crippen LogP contribution >= 0.6 is 15.9 Å². The molecule has 0 aliphatic carbocycles. The molecule has 1 aromatic heterocycles. The third kappa shape index (κ3) is 5.52. The zero-order valence-electron chi connectivity index (χ0n) is 16.1. The molecular weight excluding hydrogens is 468 g/mol. The maximum atomic E-state index is 13.3. The minimum Gasteiger partial charge on any atom is -0.271 e. The van der Waals surface area contributed by atoms with E-state index in [4.69, 9.17) is 0 Å². The maximum absolute atomic E-state index is 13.3. The van der Waals surface area contributed by atoms with E-state index in [0.29, 0.717) is 15.9 Å². The number of pyridine rings is 1. The lowest BCUT2D eigenvalue weighted by Crippen LogP contribution is -2.39. The van der Waals surface area contributed by atoms with Crippen LogP contribution in [-0.2, 0) is 14.8 Å². The van der Waals surface area contributed by atoms with Crippen LogP contribution in [0.4, 0.5) is 5.69 Å². The summed E-state index contributed by atoms with van der Waals surface area (Å²) in [6.07, 6.45) is 2.99. The molecule has 3 rings (SSSR count). The number of hydrogen-bond acceptors (Lipinski definition) is 5. The average Bonchev–Trinajstić information content (AvgIpc) is 2.73. The molecule has 0 unspecified atom stereocenters.